The number of nitrogens with one attached hydrogen (secondary N) is 2. The molecule has 1 amide bonds. The summed E-state index contributed by atoms with van der Waals surface area (Å²) in [7, 11) is 0. The monoisotopic (exact) mass is 491 g/mol. The number of halogens is 2. The van der Waals surface area contributed by atoms with Crippen LogP contribution in [0.25, 0.3) is 16.8 Å². The van der Waals surface area contributed by atoms with Crippen LogP contribution in [0.4, 0.5) is 5.69 Å². The van der Waals surface area contributed by atoms with E-state index in [1.54, 1.807) is 0 Å². The third kappa shape index (κ3) is 4.08. The van der Waals surface area contributed by atoms with Crippen LogP contribution in [0.3, 0.4) is 0 Å². The summed E-state index contributed by atoms with van der Waals surface area (Å²) in [5.74, 6) is 4.37. The summed E-state index contributed by atoms with van der Waals surface area (Å²) >= 11 is 6.32. The average Bonchev–Trinajstić information content (AvgIpc) is 2.69. The number of amides is 1. The molecule has 8 heteroatoms. The molecule has 0 saturated heterocycles. The Bertz CT molecular complexity index is 1070. The molecule has 0 spiro atoms. The van der Waals surface area contributed by atoms with Crippen LogP contribution < -0.4 is 16.6 Å². The van der Waals surface area contributed by atoms with Gasteiger partial charge in [0.25, 0.3) is 5.91 Å². The van der Waals surface area contributed by atoms with Crippen LogP contribution in [0.5, 0.6) is 11.5 Å². The van der Waals surface area contributed by atoms with E-state index < -0.39 is 5.91 Å². The first kappa shape index (κ1) is 19.2. The van der Waals surface area contributed by atoms with Crippen LogP contribution in [-0.2, 0) is 4.79 Å². The van der Waals surface area contributed by atoms with Crippen molar-refractivity contribution in [3.8, 4) is 11.5 Å². The second-order valence-corrected chi connectivity index (χ2v) is 7.32. The molecule has 6 nitrogen and oxygen atoms in total. The SMILES string of the molecule is NNC(=O)/C(=C\c1cc(Br)c(O)c(Br)c1O)Nc1ccc2ccccc2c1. The molecule has 138 valence electrons. The molecule has 3 aromatic carbocycles. The van der Waals surface area contributed by atoms with Crippen molar-refractivity contribution in [3.05, 3.63) is 68.7 Å². The van der Waals surface area contributed by atoms with Crippen LogP contribution >= 0.6 is 31.9 Å². The van der Waals surface area contributed by atoms with Gasteiger partial charge in [0.1, 0.15) is 21.7 Å². The molecule has 0 aliphatic carbocycles. The highest BCUT2D eigenvalue weighted by Gasteiger charge is 2.16. The maximum Gasteiger partial charge on any atom is 0.281 e. The maximum absolute atomic E-state index is 12.2. The average molecular weight is 493 g/mol. The molecule has 0 fully saturated rings. The Balaban J connectivity index is 2.04. The van der Waals surface area contributed by atoms with E-state index in [1.807, 2.05) is 42.5 Å². The fourth-order valence-electron chi connectivity index (χ4n) is 2.54. The normalized spacial score (nSPS) is 11.4. The zero-order valence-corrected chi connectivity index (χ0v) is 17.0. The van der Waals surface area contributed by atoms with Crippen molar-refractivity contribution in [2.24, 2.45) is 5.84 Å². The van der Waals surface area contributed by atoms with E-state index in [0.29, 0.717) is 15.7 Å². The van der Waals surface area contributed by atoms with Crippen LogP contribution in [0, 0.1) is 0 Å². The number of carbonyl (C=O) groups is 1. The number of anilines is 1. The van der Waals surface area contributed by atoms with Crippen molar-refractivity contribution in [1.29, 1.82) is 0 Å². The van der Waals surface area contributed by atoms with E-state index in [-0.39, 0.29) is 21.7 Å². The molecule has 0 saturated carbocycles. The molecule has 0 aliphatic rings. The minimum Gasteiger partial charge on any atom is -0.506 e. The Labute approximate surface area is 171 Å². The smallest absolute Gasteiger partial charge is 0.281 e. The lowest BCUT2D eigenvalue weighted by atomic mass is 10.1. The predicted molar refractivity (Wildman–Crippen MR) is 113 cm³/mol. The number of rotatable bonds is 4. The predicted octanol–water partition coefficient (Wildman–Crippen LogP) is 4.22. The minimum atomic E-state index is -0.567. The number of fused-ring (bicyclic) bond motifs is 1. The minimum absolute atomic E-state index is 0.112. The van der Waals surface area contributed by atoms with Crippen LogP contribution in [0.15, 0.2) is 63.2 Å². The maximum atomic E-state index is 12.2. The van der Waals surface area contributed by atoms with Gasteiger partial charge in [-0.3, -0.25) is 10.2 Å². The molecule has 3 rings (SSSR count). The van der Waals surface area contributed by atoms with Gasteiger partial charge in [-0.15, -0.1) is 0 Å². The summed E-state index contributed by atoms with van der Waals surface area (Å²) in [6.07, 6.45) is 1.43. The number of phenolic OH excluding ortho intramolecular Hbond substituents is 2. The lowest BCUT2D eigenvalue weighted by Crippen LogP contribution is -2.33. The van der Waals surface area contributed by atoms with Gasteiger partial charge in [-0.05, 0) is 66.9 Å². The zero-order chi connectivity index (χ0) is 19.6. The van der Waals surface area contributed by atoms with Crippen molar-refractivity contribution >= 4 is 60.3 Å². The van der Waals surface area contributed by atoms with Crippen molar-refractivity contribution < 1.29 is 15.0 Å². The van der Waals surface area contributed by atoms with Crippen molar-refractivity contribution in [3.63, 3.8) is 0 Å². The van der Waals surface area contributed by atoms with Gasteiger partial charge in [0.2, 0.25) is 0 Å². The molecule has 0 heterocycles. The largest absolute Gasteiger partial charge is 0.506 e. The summed E-state index contributed by atoms with van der Waals surface area (Å²) in [4.78, 5) is 12.2. The molecule has 0 aromatic heterocycles. The zero-order valence-electron chi connectivity index (χ0n) is 13.8. The summed E-state index contributed by atoms with van der Waals surface area (Å²) in [6.45, 7) is 0. The van der Waals surface area contributed by atoms with Gasteiger partial charge < -0.3 is 15.5 Å². The molecule has 0 bridgehead atoms. The van der Waals surface area contributed by atoms with E-state index in [2.05, 4.69) is 42.6 Å². The van der Waals surface area contributed by atoms with E-state index in [0.717, 1.165) is 10.8 Å². The lowest BCUT2D eigenvalue weighted by Gasteiger charge is -2.12. The summed E-state index contributed by atoms with van der Waals surface area (Å²) in [5.41, 5.74) is 3.18. The molecule has 6 N–H and O–H groups in total. The quantitative estimate of drug-likeness (QED) is 0.162. The van der Waals surface area contributed by atoms with Crippen LogP contribution in [0.2, 0.25) is 0 Å². The molecular weight excluding hydrogens is 478 g/mol. The highest BCUT2D eigenvalue weighted by molar-refractivity contribution is 9.11. The number of benzene rings is 3. The molecule has 0 aliphatic heterocycles. The first-order valence-electron chi connectivity index (χ1n) is 7.79. The second kappa shape index (κ2) is 7.99. The Hall–Kier alpha value is -2.55. The van der Waals surface area contributed by atoms with Gasteiger partial charge in [0.05, 0.1) is 4.47 Å². The standard InChI is InChI=1S/C19H15Br2N3O3/c20-14-8-12(17(25)16(21)18(14)26)9-15(19(27)24-22)23-13-6-5-10-3-1-2-4-11(10)7-13/h1-9,23,25-26H,22H2,(H,24,27)/b15-9+. The summed E-state index contributed by atoms with van der Waals surface area (Å²) < 4.78 is 0.470. The van der Waals surface area contributed by atoms with Crippen molar-refractivity contribution in [2.75, 3.05) is 5.32 Å². The van der Waals surface area contributed by atoms with Crippen molar-refractivity contribution in [2.45, 2.75) is 0 Å². The highest BCUT2D eigenvalue weighted by Crippen LogP contribution is 2.42. The van der Waals surface area contributed by atoms with Gasteiger partial charge in [-0.2, -0.15) is 0 Å². The van der Waals surface area contributed by atoms with Crippen LogP contribution in [-0.4, -0.2) is 16.1 Å². The summed E-state index contributed by atoms with van der Waals surface area (Å²) in [5, 5.41) is 25.2. The topological polar surface area (TPSA) is 108 Å². The van der Waals surface area contributed by atoms with E-state index >= 15 is 0 Å². The molecule has 0 atom stereocenters. The van der Waals surface area contributed by atoms with Crippen molar-refractivity contribution in [1.82, 2.24) is 5.43 Å². The number of hydrazine groups is 1. The first-order valence-corrected chi connectivity index (χ1v) is 9.37. The molecule has 0 unspecified atom stereocenters. The fraction of sp³-hybridized carbons (Fsp3) is 0. The van der Waals surface area contributed by atoms with Gasteiger partial charge in [-0.25, -0.2) is 5.84 Å². The third-order valence-electron chi connectivity index (χ3n) is 3.90. The van der Waals surface area contributed by atoms with Gasteiger partial charge in [-0.1, -0.05) is 30.3 Å². The fourth-order valence-corrected chi connectivity index (χ4v) is 3.69. The summed E-state index contributed by atoms with van der Waals surface area (Å²) in [6, 6.07) is 15.0. The Morgan fingerprint density at radius 1 is 1.00 bits per heavy atom. The van der Waals surface area contributed by atoms with E-state index in [4.69, 9.17) is 5.84 Å². The van der Waals surface area contributed by atoms with Gasteiger partial charge in [0, 0.05) is 11.3 Å². The molecular formula is C19H15Br2N3O3. The highest BCUT2D eigenvalue weighted by atomic mass is 79.9. The molecule has 3 aromatic rings. The Kier molecular flexibility index (Phi) is 5.69. The van der Waals surface area contributed by atoms with E-state index in [1.165, 1.54) is 12.1 Å². The molecule has 27 heavy (non-hydrogen) atoms. The molecule has 0 radical (unpaired) electrons. The van der Waals surface area contributed by atoms with E-state index in [9.17, 15) is 15.0 Å². The number of hydrogen-bond acceptors (Lipinski definition) is 5. The number of phenols is 2. The first-order chi connectivity index (χ1) is 12.9. The number of nitrogens with two attached hydrogens (primary N) is 1. The number of aromatic hydroxyl groups is 2. The van der Waals surface area contributed by atoms with Gasteiger partial charge in [0.15, 0.2) is 0 Å². The number of carbonyl (C=O) groups excluding carboxylic acids is 1. The van der Waals surface area contributed by atoms with Gasteiger partial charge >= 0.3 is 0 Å². The number of hydrogen-bond donors (Lipinski definition) is 5. The van der Waals surface area contributed by atoms with Crippen LogP contribution in [0.1, 0.15) is 5.56 Å². The third-order valence-corrected chi connectivity index (χ3v) is 5.26. The Morgan fingerprint density at radius 3 is 2.41 bits per heavy atom. The second-order valence-electron chi connectivity index (χ2n) is 5.68. The Morgan fingerprint density at radius 2 is 1.70 bits per heavy atom. The lowest BCUT2D eigenvalue weighted by molar-refractivity contribution is -0.117.